The topological polar surface area (TPSA) is 122 Å². The molecule has 1 saturated heterocycles. The average Bonchev–Trinajstić information content (AvgIpc) is 2.91. The van der Waals surface area contributed by atoms with Crippen molar-refractivity contribution in [2.45, 2.75) is 26.1 Å². The van der Waals surface area contributed by atoms with Crippen LogP contribution in [0.3, 0.4) is 0 Å². The van der Waals surface area contributed by atoms with Gasteiger partial charge in [-0.05, 0) is 32.0 Å². The number of benzene rings is 1. The minimum atomic E-state index is -3.52. The van der Waals surface area contributed by atoms with Crippen LogP contribution in [0.15, 0.2) is 42.7 Å². The predicted octanol–water partition coefficient (Wildman–Crippen LogP) is 3.67. The Kier molecular flexibility index (Phi) is 8.40. The van der Waals surface area contributed by atoms with Crippen molar-refractivity contribution in [1.29, 1.82) is 0 Å². The number of methoxy groups -OCH3 is 1. The monoisotopic (exact) mass is 559 g/mol. The molecule has 0 saturated carbocycles. The van der Waals surface area contributed by atoms with Crippen LogP contribution in [0.25, 0.3) is 0 Å². The van der Waals surface area contributed by atoms with Crippen molar-refractivity contribution in [1.82, 2.24) is 15.0 Å². The predicted molar refractivity (Wildman–Crippen MR) is 150 cm³/mol. The van der Waals surface area contributed by atoms with Crippen LogP contribution in [0.5, 0.6) is 5.75 Å². The van der Waals surface area contributed by atoms with E-state index in [9.17, 15) is 8.42 Å². The highest BCUT2D eigenvalue weighted by molar-refractivity contribution is 7.92. The van der Waals surface area contributed by atoms with Crippen molar-refractivity contribution < 1.29 is 22.3 Å². The van der Waals surface area contributed by atoms with Gasteiger partial charge in [0.05, 0.1) is 32.3 Å². The fourth-order valence-electron chi connectivity index (χ4n) is 4.12. The Morgan fingerprint density at radius 3 is 2.62 bits per heavy atom. The van der Waals surface area contributed by atoms with E-state index in [1.807, 2.05) is 18.2 Å². The van der Waals surface area contributed by atoms with Crippen molar-refractivity contribution in [2.75, 3.05) is 66.6 Å². The highest BCUT2D eigenvalue weighted by Gasteiger charge is 2.26. The Morgan fingerprint density at radius 1 is 1.21 bits per heavy atom. The lowest BCUT2D eigenvalue weighted by molar-refractivity contribution is 0.122. The molecule has 3 heterocycles. The zero-order chi connectivity index (χ0) is 28.2. The molecule has 0 amide bonds. The van der Waals surface area contributed by atoms with Crippen molar-refractivity contribution in [3.63, 3.8) is 0 Å². The van der Waals surface area contributed by atoms with E-state index in [1.54, 1.807) is 19.2 Å². The third kappa shape index (κ3) is 6.84. The highest BCUT2D eigenvalue weighted by Crippen LogP contribution is 2.34. The van der Waals surface area contributed by atoms with Gasteiger partial charge in [-0.25, -0.2) is 22.8 Å². The van der Waals surface area contributed by atoms with Gasteiger partial charge in [0.25, 0.3) is 0 Å². The molecule has 4 rings (SSSR count). The Hall–Kier alpha value is -3.71. The van der Waals surface area contributed by atoms with Crippen LogP contribution in [0.1, 0.15) is 25.0 Å². The molecule has 0 radical (unpaired) electrons. The first-order valence-electron chi connectivity index (χ1n) is 12.4. The van der Waals surface area contributed by atoms with Gasteiger partial charge in [-0.1, -0.05) is 6.07 Å². The first kappa shape index (κ1) is 28.3. The number of morpholine rings is 1. The van der Waals surface area contributed by atoms with Gasteiger partial charge in [0.1, 0.15) is 23.1 Å². The lowest BCUT2D eigenvalue weighted by Gasteiger charge is -2.29. The van der Waals surface area contributed by atoms with Gasteiger partial charge >= 0.3 is 0 Å². The third-order valence-corrected chi connectivity index (χ3v) is 7.51. The number of anilines is 5. The molecule has 0 unspecified atom stereocenters. The zero-order valence-corrected chi connectivity index (χ0v) is 23.5. The van der Waals surface area contributed by atoms with Crippen molar-refractivity contribution in [2.24, 2.45) is 0 Å². The molecule has 11 nitrogen and oxygen atoms in total. The molecule has 0 aliphatic carbocycles. The molecule has 2 aromatic heterocycles. The Bertz CT molecular complexity index is 1410. The smallest absolute Gasteiger partial charge is 0.233 e. The molecule has 2 N–H and O–H groups in total. The van der Waals surface area contributed by atoms with Crippen molar-refractivity contribution in [3.8, 4) is 5.75 Å². The number of ether oxygens (including phenoxy) is 2. The summed E-state index contributed by atoms with van der Waals surface area (Å²) in [5.74, 6) is 1.38. The summed E-state index contributed by atoms with van der Waals surface area (Å²) in [4.78, 5) is 15.3. The van der Waals surface area contributed by atoms with Gasteiger partial charge in [0, 0.05) is 62.0 Å². The second-order valence-electron chi connectivity index (χ2n) is 9.61. The molecule has 1 aromatic carbocycles. The first-order chi connectivity index (χ1) is 18.5. The number of alkyl halides is 1. The maximum absolute atomic E-state index is 15.1. The van der Waals surface area contributed by atoms with E-state index in [2.05, 4.69) is 30.5 Å². The second-order valence-corrected chi connectivity index (χ2v) is 11.6. The molecular weight excluding hydrogens is 525 g/mol. The highest BCUT2D eigenvalue weighted by atomic mass is 32.2. The number of pyridine rings is 1. The number of nitrogens with one attached hydrogen (secondary N) is 2. The number of sulfonamides is 1. The van der Waals surface area contributed by atoms with Crippen LogP contribution in [0.2, 0.25) is 0 Å². The first-order valence-corrected chi connectivity index (χ1v) is 14.3. The zero-order valence-electron chi connectivity index (χ0n) is 22.7. The molecule has 39 heavy (non-hydrogen) atoms. The molecule has 0 atom stereocenters. The standard InChI is InChI=1S/C26H34FN7O4S/c1-26(2,27)20-17-30-25(31-21-9-8-19(15-22(21)37-4)34-11-13-38-14-12-34)32-23(20)29-16-18-7-6-10-28-24(18)33(3)39(5,35)36/h6-10,15,17H,11-14,16H2,1-5H3,(H2,29,30,31,32). The summed E-state index contributed by atoms with van der Waals surface area (Å²) in [6.07, 6.45) is 4.05. The van der Waals surface area contributed by atoms with E-state index >= 15 is 4.39 Å². The molecule has 3 aromatic rings. The van der Waals surface area contributed by atoms with Crippen LogP contribution in [-0.4, -0.2) is 70.1 Å². The van der Waals surface area contributed by atoms with Crippen LogP contribution >= 0.6 is 0 Å². The number of hydrogen-bond acceptors (Lipinski definition) is 10. The summed E-state index contributed by atoms with van der Waals surface area (Å²) in [5, 5.41) is 6.31. The average molecular weight is 560 g/mol. The van der Waals surface area contributed by atoms with Crippen molar-refractivity contribution in [3.05, 3.63) is 53.9 Å². The molecule has 0 spiro atoms. The maximum Gasteiger partial charge on any atom is 0.233 e. The van der Waals surface area contributed by atoms with Gasteiger partial charge in [-0.15, -0.1) is 0 Å². The molecular formula is C26H34FN7O4S. The summed E-state index contributed by atoms with van der Waals surface area (Å²) in [5.41, 5.74) is 0.785. The van der Waals surface area contributed by atoms with E-state index in [1.165, 1.54) is 33.3 Å². The minimum Gasteiger partial charge on any atom is -0.494 e. The lowest BCUT2D eigenvalue weighted by Crippen LogP contribution is -2.36. The van der Waals surface area contributed by atoms with Crippen LogP contribution in [-0.2, 0) is 27.0 Å². The Labute approximate surface area is 228 Å². The van der Waals surface area contributed by atoms with Crippen LogP contribution < -0.4 is 24.6 Å². The lowest BCUT2D eigenvalue weighted by atomic mass is 10.0. The largest absolute Gasteiger partial charge is 0.494 e. The van der Waals surface area contributed by atoms with Crippen LogP contribution in [0, 0.1) is 0 Å². The fraction of sp³-hybridized carbons (Fsp3) is 0.423. The van der Waals surface area contributed by atoms with Gasteiger partial charge < -0.3 is 25.0 Å². The SMILES string of the molecule is COc1cc(N2CCOCC2)ccc1Nc1ncc(C(C)(C)F)c(NCc2cccnc2N(C)S(C)(=O)=O)n1. The van der Waals surface area contributed by atoms with E-state index in [4.69, 9.17) is 9.47 Å². The van der Waals surface area contributed by atoms with E-state index in [0.29, 0.717) is 30.2 Å². The normalized spacial score (nSPS) is 14.2. The quantitative estimate of drug-likeness (QED) is 0.380. The number of nitrogens with zero attached hydrogens (tertiary/aromatic N) is 5. The molecule has 1 aliphatic rings. The van der Waals surface area contributed by atoms with E-state index in [0.717, 1.165) is 29.3 Å². The van der Waals surface area contributed by atoms with Crippen LogP contribution in [0.4, 0.5) is 33.3 Å². The molecule has 1 fully saturated rings. The molecule has 210 valence electrons. The Morgan fingerprint density at radius 2 is 1.95 bits per heavy atom. The summed E-state index contributed by atoms with van der Waals surface area (Å²) in [6, 6.07) is 9.26. The second kappa shape index (κ2) is 11.6. The van der Waals surface area contributed by atoms with Gasteiger partial charge in [-0.3, -0.25) is 4.31 Å². The van der Waals surface area contributed by atoms with Gasteiger partial charge in [-0.2, -0.15) is 4.98 Å². The van der Waals surface area contributed by atoms with E-state index < -0.39 is 15.7 Å². The van der Waals surface area contributed by atoms with Crippen molar-refractivity contribution >= 4 is 39.0 Å². The summed E-state index contributed by atoms with van der Waals surface area (Å²) in [6.45, 7) is 5.94. The molecule has 1 aliphatic heterocycles. The number of hydrogen-bond donors (Lipinski definition) is 2. The Balaban J connectivity index is 1.60. The van der Waals surface area contributed by atoms with Gasteiger partial charge in [0.15, 0.2) is 0 Å². The van der Waals surface area contributed by atoms with E-state index in [-0.39, 0.29) is 29.7 Å². The maximum atomic E-state index is 15.1. The third-order valence-electron chi connectivity index (χ3n) is 6.35. The number of aromatic nitrogens is 3. The minimum absolute atomic E-state index is 0.153. The number of rotatable bonds is 10. The molecule has 13 heteroatoms. The summed E-state index contributed by atoms with van der Waals surface area (Å²) in [7, 11) is -0.504. The number of halogens is 1. The summed E-state index contributed by atoms with van der Waals surface area (Å²) >= 11 is 0. The molecule has 0 bridgehead atoms. The fourth-order valence-corrected chi connectivity index (χ4v) is 4.60. The summed E-state index contributed by atoms with van der Waals surface area (Å²) < 4.78 is 51.4. The van der Waals surface area contributed by atoms with Gasteiger partial charge in [0.2, 0.25) is 16.0 Å².